The molecule has 0 aliphatic carbocycles. The van der Waals surface area contributed by atoms with Gasteiger partial charge in [0.15, 0.2) is 9.84 Å². The van der Waals surface area contributed by atoms with Crippen LogP contribution in [0.4, 0.5) is 0 Å². The van der Waals surface area contributed by atoms with Gasteiger partial charge in [0.1, 0.15) is 11.9 Å². The van der Waals surface area contributed by atoms with E-state index >= 15 is 0 Å². The predicted molar refractivity (Wildman–Crippen MR) is 85.6 cm³/mol. The maximum absolute atomic E-state index is 11.6. The predicted octanol–water partition coefficient (Wildman–Crippen LogP) is 2.93. The highest BCUT2D eigenvalue weighted by Crippen LogP contribution is 2.31. The van der Waals surface area contributed by atoms with Gasteiger partial charge >= 0.3 is 0 Å². The van der Waals surface area contributed by atoms with Crippen LogP contribution in [-0.2, 0) is 9.84 Å². The first-order valence-electron chi connectivity index (χ1n) is 6.55. The highest BCUT2D eigenvalue weighted by Gasteiger charge is 2.22. The Labute approximate surface area is 129 Å². The first-order valence-corrected chi connectivity index (χ1v) is 9.32. The molecule has 0 saturated carbocycles. The van der Waals surface area contributed by atoms with Gasteiger partial charge in [-0.1, -0.05) is 6.07 Å². The van der Waals surface area contributed by atoms with Crippen LogP contribution in [0.25, 0.3) is 0 Å². The van der Waals surface area contributed by atoms with Gasteiger partial charge in [0.05, 0.1) is 4.90 Å². The smallest absolute Gasteiger partial charge is 0.175 e. The Morgan fingerprint density at radius 2 is 2.00 bits per heavy atom. The minimum Gasteiger partial charge on any atom is -0.483 e. The van der Waals surface area contributed by atoms with Crippen molar-refractivity contribution in [3.63, 3.8) is 0 Å². The number of rotatable bonds is 5. The molecule has 0 aliphatic rings. The lowest BCUT2D eigenvalue weighted by Gasteiger charge is -2.22. The van der Waals surface area contributed by atoms with E-state index in [0.717, 1.165) is 10.4 Å². The van der Waals surface area contributed by atoms with Gasteiger partial charge in [-0.15, -0.1) is 11.3 Å². The van der Waals surface area contributed by atoms with E-state index in [0.29, 0.717) is 5.75 Å². The fraction of sp³-hybridized carbons (Fsp3) is 0.333. The second-order valence-corrected chi connectivity index (χ2v) is 8.08. The van der Waals surface area contributed by atoms with E-state index < -0.39 is 9.84 Å². The first-order chi connectivity index (χ1) is 9.79. The number of nitrogens with two attached hydrogens (primary N) is 1. The molecular formula is C15H19NO3S2. The number of ether oxygens (including phenoxy) is 1. The highest BCUT2D eigenvalue weighted by molar-refractivity contribution is 7.90. The lowest BCUT2D eigenvalue weighted by atomic mass is 10.1. The first kappa shape index (κ1) is 16.0. The van der Waals surface area contributed by atoms with Crippen molar-refractivity contribution in [1.29, 1.82) is 0 Å². The van der Waals surface area contributed by atoms with Crippen LogP contribution in [0.5, 0.6) is 5.75 Å². The molecule has 0 spiro atoms. The van der Waals surface area contributed by atoms with E-state index in [1.807, 2.05) is 25.3 Å². The van der Waals surface area contributed by atoms with Crippen molar-refractivity contribution in [2.24, 2.45) is 5.73 Å². The second kappa shape index (κ2) is 6.17. The SMILES string of the molecule is Cc1ccsc1C(Oc1cccc(S(C)(=O)=O)c1)C(C)N. The fourth-order valence-electron chi connectivity index (χ4n) is 2.00. The Morgan fingerprint density at radius 1 is 1.29 bits per heavy atom. The van der Waals surface area contributed by atoms with Crippen molar-refractivity contribution in [2.75, 3.05) is 6.26 Å². The van der Waals surface area contributed by atoms with Crippen molar-refractivity contribution >= 4 is 21.2 Å². The van der Waals surface area contributed by atoms with Gasteiger partial charge in [-0.3, -0.25) is 0 Å². The zero-order valence-corrected chi connectivity index (χ0v) is 13.9. The zero-order chi connectivity index (χ0) is 15.6. The van der Waals surface area contributed by atoms with E-state index in [1.54, 1.807) is 29.5 Å². The largest absolute Gasteiger partial charge is 0.483 e. The molecule has 2 aromatic rings. The van der Waals surface area contributed by atoms with Crippen LogP contribution in [0.3, 0.4) is 0 Å². The van der Waals surface area contributed by atoms with Gasteiger partial charge in [-0.05, 0) is 49.1 Å². The number of hydrogen-bond donors (Lipinski definition) is 1. The number of thiophene rings is 1. The molecule has 2 unspecified atom stereocenters. The molecule has 0 amide bonds. The Kier molecular flexibility index (Phi) is 4.70. The van der Waals surface area contributed by atoms with Crippen LogP contribution in [0.1, 0.15) is 23.5 Å². The van der Waals surface area contributed by atoms with Crippen LogP contribution in [0.15, 0.2) is 40.6 Å². The molecule has 2 N–H and O–H groups in total. The van der Waals surface area contributed by atoms with Gasteiger partial charge in [-0.2, -0.15) is 0 Å². The normalized spacial score (nSPS) is 14.7. The number of hydrogen-bond acceptors (Lipinski definition) is 5. The van der Waals surface area contributed by atoms with Crippen LogP contribution in [0, 0.1) is 6.92 Å². The standard InChI is InChI=1S/C15H19NO3S2/c1-10-7-8-20-15(10)14(11(2)16)19-12-5-4-6-13(9-12)21(3,17)18/h4-9,11,14H,16H2,1-3H3. The molecule has 0 bridgehead atoms. The second-order valence-electron chi connectivity index (χ2n) is 5.11. The minimum absolute atomic E-state index is 0.204. The third kappa shape index (κ3) is 3.84. The third-order valence-electron chi connectivity index (χ3n) is 3.13. The molecule has 2 rings (SSSR count). The van der Waals surface area contributed by atoms with E-state index in [9.17, 15) is 8.42 Å². The summed E-state index contributed by atoms with van der Waals surface area (Å²) in [6.45, 7) is 3.89. The topological polar surface area (TPSA) is 69.4 Å². The fourth-order valence-corrected chi connectivity index (χ4v) is 3.73. The Balaban J connectivity index is 2.33. The quantitative estimate of drug-likeness (QED) is 0.917. The van der Waals surface area contributed by atoms with E-state index in [2.05, 4.69) is 0 Å². The molecule has 0 aliphatic heterocycles. The summed E-state index contributed by atoms with van der Waals surface area (Å²) in [5.74, 6) is 0.507. The summed E-state index contributed by atoms with van der Waals surface area (Å²) in [5.41, 5.74) is 7.16. The number of sulfone groups is 1. The van der Waals surface area contributed by atoms with Crippen molar-refractivity contribution in [3.8, 4) is 5.75 Å². The molecular weight excluding hydrogens is 306 g/mol. The molecule has 2 atom stereocenters. The van der Waals surface area contributed by atoms with E-state index in [-0.39, 0.29) is 17.0 Å². The highest BCUT2D eigenvalue weighted by atomic mass is 32.2. The maximum atomic E-state index is 11.6. The summed E-state index contributed by atoms with van der Waals surface area (Å²) in [6, 6.07) is 8.32. The van der Waals surface area contributed by atoms with Crippen LogP contribution in [0.2, 0.25) is 0 Å². The number of benzene rings is 1. The molecule has 21 heavy (non-hydrogen) atoms. The molecule has 0 fully saturated rings. The van der Waals surface area contributed by atoms with Gasteiger partial charge in [0.2, 0.25) is 0 Å². The molecule has 4 nitrogen and oxygen atoms in total. The third-order valence-corrected chi connectivity index (χ3v) is 5.32. The van der Waals surface area contributed by atoms with E-state index in [1.165, 1.54) is 12.3 Å². The Hall–Kier alpha value is -1.37. The summed E-state index contributed by atoms with van der Waals surface area (Å²) >= 11 is 1.59. The molecule has 114 valence electrons. The summed E-state index contributed by atoms with van der Waals surface area (Å²) in [5, 5.41) is 2.00. The lowest BCUT2D eigenvalue weighted by molar-refractivity contribution is 0.183. The average molecular weight is 325 g/mol. The Bertz CT molecular complexity index is 720. The summed E-state index contributed by atoms with van der Waals surface area (Å²) in [4.78, 5) is 1.31. The monoisotopic (exact) mass is 325 g/mol. The summed E-state index contributed by atoms with van der Waals surface area (Å²) in [7, 11) is -3.25. The molecule has 1 aromatic heterocycles. The summed E-state index contributed by atoms with van der Waals surface area (Å²) < 4.78 is 29.2. The van der Waals surface area contributed by atoms with Crippen molar-refractivity contribution in [2.45, 2.75) is 30.9 Å². The van der Waals surface area contributed by atoms with Crippen LogP contribution in [-0.4, -0.2) is 20.7 Å². The molecule has 6 heteroatoms. The van der Waals surface area contributed by atoms with Crippen LogP contribution >= 0.6 is 11.3 Å². The average Bonchev–Trinajstić information content (AvgIpc) is 2.81. The molecule has 1 heterocycles. The van der Waals surface area contributed by atoms with Crippen LogP contribution < -0.4 is 10.5 Å². The summed E-state index contributed by atoms with van der Waals surface area (Å²) in [6.07, 6.45) is 0.887. The molecule has 0 saturated heterocycles. The lowest BCUT2D eigenvalue weighted by Crippen LogP contribution is -2.28. The van der Waals surface area contributed by atoms with Crippen molar-refractivity contribution < 1.29 is 13.2 Å². The van der Waals surface area contributed by atoms with Crippen molar-refractivity contribution in [3.05, 3.63) is 46.2 Å². The van der Waals surface area contributed by atoms with Gasteiger partial charge in [0, 0.05) is 17.2 Å². The minimum atomic E-state index is -3.25. The molecule has 0 radical (unpaired) electrons. The van der Waals surface area contributed by atoms with Crippen molar-refractivity contribution in [1.82, 2.24) is 0 Å². The Morgan fingerprint density at radius 3 is 2.52 bits per heavy atom. The number of aryl methyl sites for hydroxylation is 1. The van der Waals surface area contributed by atoms with Gasteiger partial charge < -0.3 is 10.5 Å². The van der Waals surface area contributed by atoms with Gasteiger partial charge in [-0.25, -0.2) is 8.42 Å². The maximum Gasteiger partial charge on any atom is 0.175 e. The zero-order valence-electron chi connectivity index (χ0n) is 12.2. The van der Waals surface area contributed by atoms with E-state index in [4.69, 9.17) is 10.5 Å². The van der Waals surface area contributed by atoms with Gasteiger partial charge in [0.25, 0.3) is 0 Å². The molecule has 1 aromatic carbocycles.